The Labute approximate surface area is 124 Å². The van der Waals surface area contributed by atoms with Crippen LogP contribution in [0.25, 0.3) is 0 Å². The summed E-state index contributed by atoms with van der Waals surface area (Å²) >= 11 is 0. The number of carboxylic acid groups (broad SMARTS) is 1. The van der Waals surface area contributed by atoms with Crippen LogP contribution in [-0.2, 0) is 4.79 Å². The van der Waals surface area contributed by atoms with Gasteiger partial charge in [0.15, 0.2) is 0 Å². The average molecular weight is 289 g/mol. The molecule has 2 amide bonds. The van der Waals surface area contributed by atoms with Gasteiger partial charge in [-0.05, 0) is 38.1 Å². The van der Waals surface area contributed by atoms with E-state index in [-0.39, 0.29) is 25.0 Å². The molecule has 6 heteroatoms. The van der Waals surface area contributed by atoms with Gasteiger partial charge in [0.05, 0.1) is 18.1 Å². The number of nitriles is 1. The van der Waals surface area contributed by atoms with E-state index in [1.807, 2.05) is 19.9 Å². The van der Waals surface area contributed by atoms with Crippen LogP contribution in [0.2, 0.25) is 0 Å². The highest BCUT2D eigenvalue weighted by atomic mass is 16.4. The summed E-state index contributed by atoms with van der Waals surface area (Å²) in [6.07, 6.45) is -0.0921. The molecular weight excluding hydrogens is 270 g/mol. The van der Waals surface area contributed by atoms with Gasteiger partial charge in [0.25, 0.3) is 0 Å². The number of amides is 2. The first-order valence-electron chi connectivity index (χ1n) is 6.63. The zero-order valence-corrected chi connectivity index (χ0v) is 12.4. The number of carbonyl (C=O) groups is 2. The van der Waals surface area contributed by atoms with Crippen molar-refractivity contribution in [2.75, 3.05) is 18.5 Å². The molecule has 0 bridgehead atoms. The Bertz CT molecular complexity index is 546. The van der Waals surface area contributed by atoms with Crippen LogP contribution >= 0.6 is 0 Å². The van der Waals surface area contributed by atoms with E-state index < -0.39 is 5.97 Å². The summed E-state index contributed by atoms with van der Waals surface area (Å²) in [6, 6.07) is 8.29. The zero-order chi connectivity index (χ0) is 16.0. The predicted octanol–water partition coefficient (Wildman–Crippen LogP) is 2.30. The van der Waals surface area contributed by atoms with Crippen LogP contribution < -0.4 is 4.90 Å². The van der Waals surface area contributed by atoms with Crippen LogP contribution in [0, 0.1) is 11.3 Å². The molecule has 0 fully saturated rings. The summed E-state index contributed by atoms with van der Waals surface area (Å²) < 4.78 is 0. The topological polar surface area (TPSA) is 84.6 Å². The van der Waals surface area contributed by atoms with Crippen molar-refractivity contribution in [3.63, 3.8) is 0 Å². The fourth-order valence-electron chi connectivity index (χ4n) is 1.85. The van der Waals surface area contributed by atoms with Crippen molar-refractivity contribution in [2.45, 2.75) is 26.3 Å². The highest BCUT2D eigenvalue weighted by Crippen LogP contribution is 2.16. The van der Waals surface area contributed by atoms with Gasteiger partial charge < -0.3 is 10.0 Å². The normalized spacial score (nSPS) is 10.0. The van der Waals surface area contributed by atoms with E-state index in [9.17, 15) is 9.59 Å². The van der Waals surface area contributed by atoms with E-state index in [1.165, 1.54) is 9.80 Å². The Morgan fingerprint density at radius 3 is 2.29 bits per heavy atom. The number of carboxylic acids is 1. The first kappa shape index (κ1) is 16.5. The van der Waals surface area contributed by atoms with E-state index in [0.29, 0.717) is 11.3 Å². The Kier molecular flexibility index (Phi) is 5.73. The van der Waals surface area contributed by atoms with Gasteiger partial charge in [-0.1, -0.05) is 0 Å². The predicted molar refractivity (Wildman–Crippen MR) is 79.1 cm³/mol. The molecule has 1 aromatic carbocycles. The van der Waals surface area contributed by atoms with Crippen molar-refractivity contribution >= 4 is 17.7 Å². The van der Waals surface area contributed by atoms with Crippen molar-refractivity contribution in [2.24, 2.45) is 0 Å². The number of aliphatic carboxylic acids is 1. The fourth-order valence-corrected chi connectivity index (χ4v) is 1.85. The van der Waals surface area contributed by atoms with E-state index >= 15 is 0 Å². The van der Waals surface area contributed by atoms with E-state index in [2.05, 4.69) is 0 Å². The van der Waals surface area contributed by atoms with Crippen LogP contribution in [0.3, 0.4) is 0 Å². The maximum absolute atomic E-state index is 12.4. The standard InChI is InChI=1S/C15H19N3O3/c1-11(2)18(9-8-14(19)20)15(21)17(3)13-6-4-12(10-16)5-7-13/h4-7,11H,8-9H2,1-3H3,(H,19,20). The lowest BCUT2D eigenvalue weighted by molar-refractivity contribution is -0.137. The van der Waals surface area contributed by atoms with E-state index in [0.717, 1.165) is 0 Å². The first-order valence-corrected chi connectivity index (χ1v) is 6.63. The maximum Gasteiger partial charge on any atom is 0.324 e. The van der Waals surface area contributed by atoms with Crippen molar-refractivity contribution in [3.05, 3.63) is 29.8 Å². The largest absolute Gasteiger partial charge is 0.481 e. The molecule has 21 heavy (non-hydrogen) atoms. The summed E-state index contributed by atoms with van der Waals surface area (Å²) in [5.41, 5.74) is 1.17. The molecule has 0 aliphatic rings. The van der Waals surface area contributed by atoms with Gasteiger partial charge in [0, 0.05) is 25.3 Å². The number of benzene rings is 1. The molecule has 0 radical (unpaired) electrons. The zero-order valence-electron chi connectivity index (χ0n) is 12.4. The molecule has 0 aliphatic carbocycles. The molecule has 0 aliphatic heterocycles. The fraction of sp³-hybridized carbons (Fsp3) is 0.400. The molecule has 0 saturated carbocycles. The van der Waals surface area contributed by atoms with E-state index in [1.54, 1.807) is 31.3 Å². The number of nitrogens with zero attached hydrogens (tertiary/aromatic N) is 3. The van der Waals surface area contributed by atoms with E-state index in [4.69, 9.17) is 10.4 Å². The lowest BCUT2D eigenvalue weighted by Gasteiger charge is -2.31. The summed E-state index contributed by atoms with van der Waals surface area (Å²) in [4.78, 5) is 26.1. The number of anilines is 1. The molecule has 1 rings (SSSR count). The van der Waals surface area contributed by atoms with Gasteiger partial charge >= 0.3 is 12.0 Å². The third kappa shape index (κ3) is 4.49. The Hall–Kier alpha value is -2.55. The summed E-state index contributed by atoms with van der Waals surface area (Å²) in [5.74, 6) is -0.936. The van der Waals surface area contributed by atoms with Crippen molar-refractivity contribution in [1.29, 1.82) is 5.26 Å². The summed E-state index contributed by atoms with van der Waals surface area (Å²) in [7, 11) is 1.62. The molecule has 0 atom stereocenters. The van der Waals surface area contributed by atoms with Gasteiger partial charge in [-0.15, -0.1) is 0 Å². The molecular formula is C15H19N3O3. The monoisotopic (exact) mass is 289 g/mol. The molecule has 1 N–H and O–H groups in total. The SMILES string of the molecule is CC(C)N(CCC(=O)O)C(=O)N(C)c1ccc(C#N)cc1. The van der Waals surface area contributed by atoms with Crippen molar-refractivity contribution in [1.82, 2.24) is 4.90 Å². The number of carbonyl (C=O) groups excluding carboxylic acids is 1. The highest BCUT2D eigenvalue weighted by Gasteiger charge is 2.22. The second-order valence-corrected chi connectivity index (χ2v) is 4.93. The van der Waals surface area contributed by atoms with Crippen LogP contribution in [0.5, 0.6) is 0 Å². The molecule has 0 heterocycles. The lowest BCUT2D eigenvalue weighted by Crippen LogP contribution is -2.45. The summed E-state index contributed by atoms with van der Waals surface area (Å²) in [6.45, 7) is 3.84. The molecule has 6 nitrogen and oxygen atoms in total. The highest BCUT2D eigenvalue weighted by molar-refractivity contribution is 5.91. The molecule has 0 saturated heterocycles. The second kappa shape index (κ2) is 7.29. The lowest BCUT2D eigenvalue weighted by atomic mass is 10.2. The minimum absolute atomic E-state index is 0.0921. The average Bonchev–Trinajstić information content (AvgIpc) is 2.45. The smallest absolute Gasteiger partial charge is 0.324 e. The minimum Gasteiger partial charge on any atom is -0.481 e. The number of hydrogen-bond donors (Lipinski definition) is 1. The third-order valence-corrected chi connectivity index (χ3v) is 3.11. The van der Waals surface area contributed by atoms with Crippen molar-refractivity contribution in [3.8, 4) is 6.07 Å². The van der Waals surface area contributed by atoms with Gasteiger partial charge in [0.2, 0.25) is 0 Å². The Morgan fingerprint density at radius 1 is 1.29 bits per heavy atom. The van der Waals surface area contributed by atoms with Gasteiger partial charge in [-0.2, -0.15) is 5.26 Å². The molecule has 1 aromatic rings. The van der Waals surface area contributed by atoms with Crippen LogP contribution in [0.4, 0.5) is 10.5 Å². The Morgan fingerprint density at radius 2 is 1.86 bits per heavy atom. The van der Waals surface area contributed by atoms with Crippen molar-refractivity contribution < 1.29 is 14.7 Å². The molecule has 0 spiro atoms. The molecule has 112 valence electrons. The Balaban J connectivity index is 2.86. The van der Waals surface area contributed by atoms with Crippen LogP contribution in [-0.4, -0.2) is 41.6 Å². The maximum atomic E-state index is 12.4. The number of hydrogen-bond acceptors (Lipinski definition) is 3. The minimum atomic E-state index is -0.936. The van der Waals surface area contributed by atoms with Gasteiger partial charge in [-0.25, -0.2) is 4.79 Å². The second-order valence-electron chi connectivity index (χ2n) is 4.93. The first-order chi connectivity index (χ1) is 9.86. The quantitative estimate of drug-likeness (QED) is 0.901. The van der Waals surface area contributed by atoms with Crippen LogP contribution in [0.15, 0.2) is 24.3 Å². The van der Waals surface area contributed by atoms with Gasteiger partial charge in [0.1, 0.15) is 0 Å². The molecule has 0 aromatic heterocycles. The van der Waals surface area contributed by atoms with Crippen LogP contribution in [0.1, 0.15) is 25.8 Å². The molecule has 0 unspecified atom stereocenters. The number of urea groups is 1. The number of rotatable bonds is 5. The van der Waals surface area contributed by atoms with Gasteiger partial charge in [-0.3, -0.25) is 9.69 Å². The third-order valence-electron chi connectivity index (χ3n) is 3.11. The summed E-state index contributed by atoms with van der Waals surface area (Å²) in [5, 5.41) is 17.5.